The third-order valence-electron chi connectivity index (χ3n) is 5.66. The van der Waals surface area contributed by atoms with Crippen molar-refractivity contribution in [1.29, 1.82) is 0 Å². The minimum atomic E-state index is 0.0296. The first-order valence-corrected chi connectivity index (χ1v) is 12.3. The quantitative estimate of drug-likeness (QED) is 0.319. The van der Waals surface area contributed by atoms with Gasteiger partial charge in [0.05, 0.1) is 18.7 Å². The van der Waals surface area contributed by atoms with Crippen LogP contribution in [0.25, 0.3) is 22.0 Å². The van der Waals surface area contributed by atoms with Gasteiger partial charge in [0.1, 0.15) is 5.01 Å². The van der Waals surface area contributed by atoms with Crippen LogP contribution in [-0.2, 0) is 24.2 Å². The number of hydrogen-bond acceptors (Lipinski definition) is 6. The molecule has 33 heavy (non-hydrogen) atoms. The maximum absolute atomic E-state index is 13.1. The second kappa shape index (κ2) is 9.45. The van der Waals surface area contributed by atoms with Crippen LogP contribution in [0.4, 0.5) is 0 Å². The summed E-state index contributed by atoms with van der Waals surface area (Å²) in [6.45, 7) is 2.44. The topological polar surface area (TPSA) is 72.1 Å². The minimum absolute atomic E-state index is 0.0296. The molecule has 2 heterocycles. The SMILES string of the molecule is CCc1ccc(-c2nc(CC(=O)N(Cc3nnc(-c4ccc(Cl)cc4)o3)C3CC3)cs2)cc1. The van der Waals surface area contributed by atoms with Crippen LogP contribution in [0.5, 0.6) is 0 Å². The molecule has 1 saturated carbocycles. The summed E-state index contributed by atoms with van der Waals surface area (Å²) in [5, 5.41) is 11.8. The Labute approximate surface area is 201 Å². The first-order chi connectivity index (χ1) is 16.1. The van der Waals surface area contributed by atoms with E-state index in [0.29, 0.717) is 23.3 Å². The minimum Gasteiger partial charge on any atom is -0.419 e. The fraction of sp³-hybridized carbons (Fsp3) is 0.280. The van der Waals surface area contributed by atoms with Crippen molar-refractivity contribution in [2.24, 2.45) is 0 Å². The molecular weight excluding hydrogens is 456 g/mol. The van der Waals surface area contributed by atoms with Crippen LogP contribution in [0.15, 0.2) is 58.3 Å². The highest BCUT2D eigenvalue weighted by Gasteiger charge is 2.34. The van der Waals surface area contributed by atoms with Gasteiger partial charge < -0.3 is 9.32 Å². The van der Waals surface area contributed by atoms with Gasteiger partial charge in [0.25, 0.3) is 0 Å². The van der Waals surface area contributed by atoms with Gasteiger partial charge >= 0.3 is 0 Å². The van der Waals surface area contributed by atoms with E-state index in [1.807, 2.05) is 22.4 Å². The molecule has 0 saturated heterocycles. The molecule has 2 aromatic carbocycles. The number of aromatic nitrogens is 3. The van der Waals surface area contributed by atoms with Crippen LogP contribution >= 0.6 is 22.9 Å². The van der Waals surface area contributed by atoms with E-state index >= 15 is 0 Å². The Bertz CT molecular complexity index is 1250. The molecule has 0 radical (unpaired) electrons. The van der Waals surface area contributed by atoms with Gasteiger partial charge in [-0.3, -0.25) is 4.79 Å². The van der Waals surface area contributed by atoms with Gasteiger partial charge in [-0.25, -0.2) is 4.98 Å². The van der Waals surface area contributed by atoms with Gasteiger partial charge in [-0.05, 0) is 49.1 Å². The molecule has 0 unspecified atom stereocenters. The number of amides is 1. The summed E-state index contributed by atoms with van der Waals surface area (Å²) in [5.74, 6) is 0.875. The molecule has 168 valence electrons. The van der Waals surface area contributed by atoms with Gasteiger partial charge in [0.2, 0.25) is 17.7 Å². The number of thiazole rings is 1. The van der Waals surface area contributed by atoms with Crippen LogP contribution in [-0.4, -0.2) is 32.0 Å². The Hall–Kier alpha value is -3.03. The Kier molecular flexibility index (Phi) is 6.24. The zero-order chi connectivity index (χ0) is 22.8. The molecule has 1 fully saturated rings. The standard InChI is InChI=1S/C25H23ClN4O2S/c1-2-16-3-5-18(6-4-16)25-27-20(15-33-25)13-23(31)30(21-11-12-21)14-22-28-29-24(32-22)17-7-9-19(26)10-8-17/h3-10,15,21H,2,11-14H2,1H3. The van der Waals surface area contributed by atoms with Crippen molar-refractivity contribution in [2.75, 3.05) is 0 Å². The molecule has 5 rings (SSSR count). The molecule has 1 aliphatic rings. The zero-order valence-corrected chi connectivity index (χ0v) is 19.8. The second-order valence-corrected chi connectivity index (χ2v) is 9.43. The number of hydrogen-bond donors (Lipinski definition) is 0. The van der Waals surface area contributed by atoms with Gasteiger partial charge in [-0.1, -0.05) is 42.8 Å². The van der Waals surface area contributed by atoms with Crippen molar-refractivity contribution in [3.8, 4) is 22.0 Å². The first-order valence-electron chi connectivity index (χ1n) is 11.0. The van der Waals surface area contributed by atoms with Gasteiger partial charge in [-0.15, -0.1) is 21.5 Å². The first kappa shape index (κ1) is 21.8. The fourth-order valence-electron chi connectivity index (χ4n) is 3.64. The van der Waals surface area contributed by atoms with Crippen molar-refractivity contribution >= 4 is 28.8 Å². The molecule has 8 heteroatoms. The van der Waals surface area contributed by atoms with E-state index in [1.54, 1.807) is 23.5 Å². The Morgan fingerprint density at radius 3 is 2.52 bits per heavy atom. The maximum atomic E-state index is 13.1. The smallest absolute Gasteiger partial charge is 0.247 e. The van der Waals surface area contributed by atoms with E-state index < -0.39 is 0 Å². The van der Waals surface area contributed by atoms with E-state index in [4.69, 9.17) is 21.0 Å². The van der Waals surface area contributed by atoms with Crippen LogP contribution < -0.4 is 0 Å². The highest BCUT2D eigenvalue weighted by molar-refractivity contribution is 7.13. The lowest BCUT2D eigenvalue weighted by atomic mass is 10.1. The molecule has 1 amide bonds. The lowest BCUT2D eigenvalue weighted by Gasteiger charge is -2.20. The predicted octanol–water partition coefficient (Wildman–Crippen LogP) is 5.81. The summed E-state index contributed by atoms with van der Waals surface area (Å²) in [6, 6.07) is 15.9. The summed E-state index contributed by atoms with van der Waals surface area (Å²) in [5.41, 5.74) is 3.96. The largest absolute Gasteiger partial charge is 0.419 e. The van der Waals surface area contributed by atoms with E-state index in [2.05, 4.69) is 41.4 Å². The van der Waals surface area contributed by atoms with Crippen molar-refractivity contribution in [2.45, 2.75) is 45.2 Å². The van der Waals surface area contributed by atoms with Crippen molar-refractivity contribution in [3.05, 3.63) is 76.1 Å². The fourth-order valence-corrected chi connectivity index (χ4v) is 4.59. The molecule has 0 atom stereocenters. The number of halogens is 1. The Morgan fingerprint density at radius 2 is 1.82 bits per heavy atom. The summed E-state index contributed by atoms with van der Waals surface area (Å²) in [4.78, 5) is 19.7. The highest BCUT2D eigenvalue weighted by Crippen LogP contribution is 2.30. The molecule has 2 aromatic heterocycles. The average molecular weight is 479 g/mol. The van der Waals surface area contributed by atoms with Gasteiger partial charge in [0.15, 0.2) is 0 Å². The normalized spacial score (nSPS) is 13.3. The summed E-state index contributed by atoms with van der Waals surface area (Å²) < 4.78 is 5.83. The lowest BCUT2D eigenvalue weighted by Crippen LogP contribution is -2.34. The van der Waals surface area contributed by atoms with Crippen LogP contribution in [0.1, 0.15) is 36.9 Å². The Balaban J connectivity index is 1.26. The average Bonchev–Trinajstić information content (AvgIpc) is 3.38. The van der Waals surface area contributed by atoms with Crippen molar-refractivity contribution in [1.82, 2.24) is 20.1 Å². The number of benzene rings is 2. The van der Waals surface area contributed by atoms with Crippen molar-refractivity contribution in [3.63, 3.8) is 0 Å². The number of carbonyl (C=O) groups excluding carboxylic acids is 1. The molecule has 0 aliphatic heterocycles. The third kappa shape index (κ3) is 5.15. The van der Waals surface area contributed by atoms with E-state index in [9.17, 15) is 4.79 Å². The zero-order valence-electron chi connectivity index (χ0n) is 18.2. The molecule has 0 bridgehead atoms. The Morgan fingerprint density at radius 1 is 1.09 bits per heavy atom. The summed E-state index contributed by atoms with van der Waals surface area (Å²) in [6.07, 6.45) is 3.26. The molecule has 0 N–H and O–H groups in total. The molecule has 6 nitrogen and oxygen atoms in total. The maximum Gasteiger partial charge on any atom is 0.247 e. The second-order valence-electron chi connectivity index (χ2n) is 8.13. The summed E-state index contributed by atoms with van der Waals surface area (Å²) >= 11 is 7.52. The van der Waals surface area contributed by atoms with E-state index in [0.717, 1.165) is 41.1 Å². The number of aryl methyl sites for hydroxylation is 1. The monoisotopic (exact) mass is 478 g/mol. The van der Waals surface area contributed by atoms with Crippen molar-refractivity contribution < 1.29 is 9.21 Å². The third-order valence-corrected chi connectivity index (χ3v) is 6.86. The molecule has 1 aliphatic carbocycles. The highest BCUT2D eigenvalue weighted by atomic mass is 35.5. The van der Waals surface area contributed by atoms with Crippen LogP contribution in [0, 0.1) is 0 Å². The number of nitrogens with zero attached hydrogens (tertiary/aromatic N) is 4. The van der Waals surface area contributed by atoms with E-state index in [1.165, 1.54) is 5.56 Å². The summed E-state index contributed by atoms with van der Waals surface area (Å²) in [7, 11) is 0. The molecule has 0 spiro atoms. The van der Waals surface area contributed by atoms with E-state index in [-0.39, 0.29) is 18.4 Å². The predicted molar refractivity (Wildman–Crippen MR) is 129 cm³/mol. The molecule has 4 aromatic rings. The van der Waals surface area contributed by atoms with Crippen LogP contribution in [0.3, 0.4) is 0 Å². The lowest BCUT2D eigenvalue weighted by molar-refractivity contribution is -0.132. The number of carbonyl (C=O) groups is 1. The van der Waals surface area contributed by atoms with Gasteiger partial charge in [0, 0.05) is 27.6 Å². The molecular formula is C25H23ClN4O2S. The van der Waals surface area contributed by atoms with Gasteiger partial charge in [-0.2, -0.15) is 0 Å². The number of rotatable bonds is 8. The van der Waals surface area contributed by atoms with Crippen LogP contribution in [0.2, 0.25) is 5.02 Å².